The summed E-state index contributed by atoms with van der Waals surface area (Å²) < 4.78 is 5.89. The predicted molar refractivity (Wildman–Crippen MR) is 227 cm³/mol. The summed E-state index contributed by atoms with van der Waals surface area (Å²) in [6.45, 7) is 6.32. The zero-order valence-electron chi connectivity index (χ0n) is 35.1. The maximum atomic E-state index is 13.1. The van der Waals surface area contributed by atoms with Gasteiger partial charge in [0, 0.05) is 6.42 Å². The minimum atomic E-state index is -0.788. The molecule has 0 rings (SSSR count). The van der Waals surface area contributed by atoms with Crippen LogP contribution in [0, 0.1) is 0 Å². The van der Waals surface area contributed by atoms with E-state index < -0.39 is 18.2 Å². The van der Waals surface area contributed by atoms with Gasteiger partial charge in [-0.1, -0.05) is 205 Å². The highest BCUT2D eigenvalue weighted by Gasteiger charge is 2.24. The predicted octanol–water partition coefficient (Wildman–Crippen LogP) is 12.9. The van der Waals surface area contributed by atoms with Crippen molar-refractivity contribution < 1.29 is 24.5 Å². The number of esters is 1. The molecule has 310 valence electrons. The fraction of sp³-hybridized carbons (Fsp3) is 0.830. The van der Waals surface area contributed by atoms with Gasteiger partial charge < -0.3 is 20.3 Å². The zero-order valence-corrected chi connectivity index (χ0v) is 35.1. The first-order valence-electron chi connectivity index (χ1n) is 22.7. The second-order valence-electron chi connectivity index (χ2n) is 15.5. The number of nitrogens with one attached hydrogen (secondary N) is 1. The molecule has 0 bridgehead atoms. The summed E-state index contributed by atoms with van der Waals surface area (Å²) in [5, 5.41) is 23.6. The number of carbonyl (C=O) groups excluding carboxylic acids is 2. The average Bonchev–Trinajstić information content (AvgIpc) is 3.15. The van der Waals surface area contributed by atoms with Gasteiger partial charge in [-0.2, -0.15) is 0 Å². The lowest BCUT2D eigenvalue weighted by Crippen LogP contribution is -2.46. The van der Waals surface area contributed by atoms with Gasteiger partial charge in [0.15, 0.2) is 0 Å². The molecule has 3 atom stereocenters. The van der Waals surface area contributed by atoms with E-state index in [0.29, 0.717) is 19.3 Å². The summed E-state index contributed by atoms with van der Waals surface area (Å²) in [5.41, 5.74) is 0. The molecule has 0 saturated carbocycles. The second kappa shape index (κ2) is 41.2. The summed E-state index contributed by atoms with van der Waals surface area (Å²) in [6.07, 6.45) is 46.3. The number of ether oxygens (including phenoxy) is 1. The van der Waals surface area contributed by atoms with Crippen molar-refractivity contribution in [2.24, 2.45) is 0 Å². The van der Waals surface area contributed by atoms with E-state index in [4.69, 9.17) is 4.74 Å². The molecule has 0 spiro atoms. The Hall–Kier alpha value is -1.92. The summed E-state index contributed by atoms with van der Waals surface area (Å²) in [4.78, 5) is 25.9. The summed E-state index contributed by atoms with van der Waals surface area (Å²) in [6, 6.07) is -0.703. The number of unbranched alkanes of at least 4 members (excludes halogenated alkanes) is 24. The molecule has 0 radical (unpaired) electrons. The van der Waals surface area contributed by atoms with Gasteiger partial charge in [0.05, 0.1) is 25.2 Å². The van der Waals surface area contributed by atoms with Gasteiger partial charge in [0.2, 0.25) is 5.91 Å². The van der Waals surface area contributed by atoms with Crippen LogP contribution in [0.15, 0.2) is 36.5 Å². The minimum Gasteiger partial charge on any atom is -0.462 e. The van der Waals surface area contributed by atoms with Crippen LogP contribution in [0.4, 0.5) is 0 Å². The Bertz CT molecular complexity index is 884. The van der Waals surface area contributed by atoms with E-state index in [1.807, 2.05) is 0 Å². The monoisotopic (exact) mass is 746 g/mol. The molecule has 6 heteroatoms. The number of allylic oxidation sites excluding steroid dienone is 6. The van der Waals surface area contributed by atoms with Crippen molar-refractivity contribution >= 4 is 11.9 Å². The Kier molecular flexibility index (Phi) is 39.8. The molecule has 0 aliphatic heterocycles. The van der Waals surface area contributed by atoms with Crippen molar-refractivity contribution in [1.82, 2.24) is 5.32 Å². The molecule has 3 N–H and O–H groups in total. The smallest absolute Gasteiger partial charge is 0.306 e. The number of carbonyl (C=O) groups is 2. The maximum Gasteiger partial charge on any atom is 0.306 e. The lowest BCUT2D eigenvalue weighted by atomic mass is 10.0. The normalized spacial score (nSPS) is 13.7. The van der Waals surface area contributed by atoms with Crippen LogP contribution in [0.3, 0.4) is 0 Å². The molecule has 0 aromatic carbocycles. The fourth-order valence-electron chi connectivity index (χ4n) is 6.84. The number of aliphatic hydroxyl groups is 2. The summed E-state index contributed by atoms with van der Waals surface area (Å²) >= 11 is 0. The van der Waals surface area contributed by atoms with E-state index in [1.165, 1.54) is 96.3 Å². The van der Waals surface area contributed by atoms with Crippen LogP contribution in [0.1, 0.15) is 226 Å². The fourth-order valence-corrected chi connectivity index (χ4v) is 6.84. The van der Waals surface area contributed by atoms with E-state index in [2.05, 4.69) is 62.5 Å². The van der Waals surface area contributed by atoms with Crippen LogP contribution in [-0.2, 0) is 14.3 Å². The number of hydrogen-bond donors (Lipinski definition) is 3. The minimum absolute atomic E-state index is 0.0667. The van der Waals surface area contributed by atoms with Gasteiger partial charge in [0.1, 0.15) is 6.10 Å². The van der Waals surface area contributed by atoms with Crippen molar-refractivity contribution in [3.63, 3.8) is 0 Å². The molecule has 1 amide bonds. The molecule has 0 fully saturated rings. The number of aliphatic hydroxyl groups excluding tert-OH is 2. The van der Waals surface area contributed by atoms with Gasteiger partial charge in [-0.05, 0) is 44.9 Å². The molecular formula is C47H87NO5. The second-order valence-corrected chi connectivity index (χ2v) is 15.5. The molecule has 3 unspecified atom stereocenters. The van der Waals surface area contributed by atoms with Crippen LogP contribution in [0.2, 0.25) is 0 Å². The highest BCUT2D eigenvalue weighted by molar-refractivity contribution is 5.77. The topological polar surface area (TPSA) is 95.9 Å². The molecule has 53 heavy (non-hydrogen) atoms. The van der Waals surface area contributed by atoms with Gasteiger partial charge in [-0.15, -0.1) is 0 Å². The van der Waals surface area contributed by atoms with Crippen molar-refractivity contribution in [1.29, 1.82) is 0 Å². The van der Waals surface area contributed by atoms with E-state index in [-0.39, 0.29) is 24.9 Å². The van der Waals surface area contributed by atoms with Crippen LogP contribution < -0.4 is 5.32 Å². The first kappa shape index (κ1) is 51.1. The first-order valence-corrected chi connectivity index (χ1v) is 22.7. The Morgan fingerprint density at radius 3 is 1.53 bits per heavy atom. The molecule has 0 aromatic rings. The van der Waals surface area contributed by atoms with Crippen LogP contribution >= 0.6 is 0 Å². The quantitative estimate of drug-likeness (QED) is 0.0330. The number of amides is 1. The lowest BCUT2D eigenvalue weighted by molar-refractivity contribution is -0.151. The van der Waals surface area contributed by atoms with E-state index in [1.54, 1.807) is 0 Å². The lowest BCUT2D eigenvalue weighted by Gasteiger charge is -2.24. The van der Waals surface area contributed by atoms with E-state index in [9.17, 15) is 19.8 Å². The molecule has 0 aliphatic carbocycles. The van der Waals surface area contributed by atoms with Gasteiger partial charge >= 0.3 is 5.97 Å². The Morgan fingerprint density at radius 2 is 1.02 bits per heavy atom. The first-order chi connectivity index (χ1) is 26.0. The van der Waals surface area contributed by atoms with Crippen LogP contribution in [0.25, 0.3) is 0 Å². The highest BCUT2D eigenvalue weighted by Crippen LogP contribution is 2.17. The Morgan fingerprint density at radius 1 is 0.566 bits per heavy atom. The van der Waals surface area contributed by atoms with E-state index >= 15 is 0 Å². The van der Waals surface area contributed by atoms with Gasteiger partial charge in [-0.3, -0.25) is 9.59 Å². The number of hydrogen-bond acceptors (Lipinski definition) is 5. The standard InChI is InChI=1S/C47H87NO5/c1-4-7-10-13-16-19-22-23-25-26-29-32-35-38-43(53-47(52)40-37-34-31-28-21-18-15-12-9-6-3)41-46(51)48-44(42-49)45(50)39-36-33-30-27-24-20-17-14-11-8-5-2/h7,10,13,16,19,22,43-45,49-50H,4-6,8-9,11-12,14-15,17-18,20-21,23-42H2,1-3H3,(H,48,51)/b10-7+,16-13+,22-19+. The third-order valence-corrected chi connectivity index (χ3v) is 10.3. The number of rotatable bonds is 40. The van der Waals surface area contributed by atoms with Crippen LogP contribution in [-0.4, -0.2) is 46.9 Å². The molecular weight excluding hydrogens is 659 g/mol. The van der Waals surface area contributed by atoms with Crippen molar-refractivity contribution in [2.45, 2.75) is 244 Å². The Labute approximate surface area is 328 Å². The Balaban J connectivity index is 4.62. The maximum absolute atomic E-state index is 13.1. The SMILES string of the molecule is CC/C=C/C=C/C=C/CCCCCCCC(CC(=O)NC(CO)C(O)CCCCCCCCCCCCC)OC(=O)CCCCCCCCCCCC. The summed E-state index contributed by atoms with van der Waals surface area (Å²) in [5.74, 6) is -0.492. The van der Waals surface area contributed by atoms with Crippen LogP contribution in [0.5, 0.6) is 0 Å². The van der Waals surface area contributed by atoms with E-state index in [0.717, 1.165) is 83.5 Å². The molecule has 0 heterocycles. The molecule has 0 saturated heterocycles. The molecule has 0 aliphatic rings. The zero-order chi connectivity index (χ0) is 38.9. The summed E-state index contributed by atoms with van der Waals surface area (Å²) in [7, 11) is 0. The largest absolute Gasteiger partial charge is 0.462 e. The third-order valence-electron chi connectivity index (χ3n) is 10.3. The van der Waals surface area contributed by atoms with Crippen molar-refractivity contribution in [3.8, 4) is 0 Å². The highest BCUT2D eigenvalue weighted by atomic mass is 16.5. The van der Waals surface area contributed by atoms with Crippen molar-refractivity contribution in [3.05, 3.63) is 36.5 Å². The average molecular weight is 746 g/mol. The molecule has 0 aromatic heterocycles. The van der Waals surface area contributed by atoms with Gasteiger partial charge in [-0.25, -0.2) is 0 Å². The third kappa shape index (κ3) is 36.8. The molecule has 6 nitrogen and oxygen atoms in total. The van der Waals surface area contributed by atoms with Crippen molar-refractivity contribution in [2.75, 3.05) is 6.61 Å². The van der Waals surface area contributed by atoms with Gasteiger partial charge in [0.25, 0.3) is 0 Å².